The van der Waals surface area contributed by atoms with Crippen molar-refractivity contribution in [3.05, 3.63) is 59.7 Å². The number of ketones is 1. The summed E-state index contributed by atoms with van der Waals surface area (Å²) < 4.78 is 0. The lowest BCUT2D eigenvalue weighted by Gasteiger charge is -2.25. The molecule has 4 nitrogen and oxygen atoms in total. The number of aliphatic hydroxyl groups excluding tert-OH is 1. The molecular weight excluding hydrogens is 352 g/mol. The van der Waals surface area contributed by atoms with Crippen LogP contribution >= 0.6 is 0 Å². The summed E-state index contributed by atoms with van der Waals surface area (Å²) in [7, 11) is 0. The molecule has 0 saturated heterocycles. The number of hydrogen-bond donors (Lipinski definition) is 2. The maximum absolute atomic E-state index is 12.7. The van der Waals surface area contributed by atoms with E-state index in [0.717, 1.165) is 30.4 Å². The molecule has 1 aliphatic carbocycles. The maximum Gasteiger partial charge on any atom is 0.303 e. The highest BCUT2D eigenvalue weighted by atomic mass is 16.4. The van der Waals surface area contributed by atoms with Crippen molar-refractivity contribution in [3.63, 3.8) is 0 Å². The molecule has 0 amide bonds. The summed E-state index contributed by atoms with van der Waals surface area (Å²) in [5.74, 6) is -0.714. The summed E-state index contributed by atoms with van der Waals surface area (Å²) in [5, 5.41) is 19.1. The fourth-order valence-corrected chi connectivity index (χ4v) is 3.75. The van der Waals surface area contributed by atoms with Crippen LogP contribution in [0.5, 0.6) is 0 Å². The lowest BCUT2D eigenvalue weighted by molar-refractivity contribution is -0.137. The van der Waals surface area contributed by atoms with Crippen molar-refractivity contribution < 1.29 is 19.8 Å². The van der Waals surface area contributed by atoms with E-state index in [-0.39, 0.29) is 12.2 Å². The van der Waals surface area contributed by atoms with Gasteiger partial charge in [-0.25, -0.2) is 0 Å². The van der Waals surface area contributed by atoms with Crippen molar-refractivity contribution in [3.8, 4) is 0 Å². The minimum atomic E-state index is -0.788. The van der Waals surface area contributed by atoms with E-state index in [0.29, 0.717) is 32.1 Å². The van der Waals surface area contributed by atoms with Crippen molar-refractivity contribution in [2.24, 2.45) is 5.41 Å². The Morgan fingerprint density at radius 1 is 1.21 bits per heavy atom. The topological polar surface area (TPSA) is 74.6 Å². The average Bonchev–Trinajstić information content (AvgIpc) is 3.02. The Hall–Kier alpha value is -2.20. The normalized spacial score (nSPS) is 20.1. The first-order valence-electron chi connectivity index (χ1n) is 10.3. The first-order chi connectivity index (χ1) is 13.5. The highest BCUT2D eigenvalue weighted by molar-refractivity contribution is 5.99. The van der Waals surface area contributed by atoms with Gasteiger partial charge in [-0.15, -0.1) is 0 Å². The number of aliphatic hydroxyl groups is 1. The van der Waals surface area contributed by atoms with Gasteiger partial charge < -0.3 is 10.2 Å². The third-order valence-electron chi connectivity index (χ3n) is 5.44. The zero-order chi connectivity index (χ0) is 20.4. The SMILES string of the molecule is CCCCC[C@H](O)/C=C/[C@]1(Cc2ccccc2CCCC(=O)O)CC=CC1=O. The molecule has 0 fully saturated rings. The highest BCUT2D eigenvalue weighted by Crippen LogP contribution is 2.37. The molecule has 2 N–H and O–H groups in total. The Labute approximate surface area is 168 Å². The predicted molar refractivity (Wildman–Crippen MR) is 111 cm³/mol. The van der Waals surface area contributed by atoms with Gasteiger partial charge in [0, 0.05) is 6.42 Å². The Kier molecular flexibility index (Phi) is 8.65. The Balaban J connectivity index is 2.12. The van der Waals surface area contributed by atoms with Crippen LogP contribution in [0.2, 0.25) is 0 Å². The van der Waals surface area contributed by atoms with E-state index in [1.54, 1.807) is 12.2 Å². The largest absolute Gasteiger partial charge is 0.481 e. The van der Waals surface area contributed by atoms with Gasteiger partial charge in [0.05, 0.1) is 11.5 Å². The molecule has 1 aliphatic rings. The van der Waals surface area contributed by atoms with Crippen LogP contribution in [0, 0.1) is 5.41 Å². The predicted octanol–water partition coefficient (Wildman–Crippen LogP) is 4.65. The van der Waals surface area contributed by atoms with Gasteiger partial charge in [-0.05, 0) is 49.3 Å². The first-order valence-corrected chi connectivity index (χ1v) is 10.3. The summed E-state index contributed by atoms with van der Waals surface area (Å²) in [6, 6.07) is 7.95. The molecular formula is C24H32O4. The van der Waals surface area contributed by atoms with Gasteiger partial charge in [-0.1, -0.05) is 68.7 Å². The number of aryl methyl sites for hydroxylation is 1. The lowest BCUT2D eigenvalue weighted by atomic mass is 9.76. The fourth-order valence-electron chi connectivity index (χ4n) is 3.75. The quantitative estimate of drug-likeness (QED) is 0.406. The summed E-state index contributed by atoms with van der Waals surface area (Å²) in [4.78, 5) is 23.5. The van der Waals surface area contributed by atoms with Crippen LogP contribution in [-0.2, 0) is 22.4 Å². The van der Waals surface area contributed by atoms with Crippen LogP contribution in [0.15, 0.2) is 48.6 Å². The molecule has 4 heteroatoms. The standard InChI is InChI=1S/C24H32O4/c1-2-3-4-12-21(25)15-17-24(16-8-13-22(24)26)18-20-10-6-5-9-19(20)11-7-14-23(27)28/h5-6,8-10,13,15,17,21,25H,2-4,7,11-12,14,16,18H2,1H3,(H,27,28)/b17-15+/t21-,24-/m0/s1. The smallest absolute Gasteiger partial charge is 0.303 e. The molecule has 0 aromatic heterocycles. The average molecular weight is 385 g/mol. The third kappa shape index (κ3) is 6.45. The van der Waals surface area contributed by atoms with Crippen LogP contribution in [0.4, 0.5) is 0 Å². The molecule has 152 valence electrons. The first kappa shape index (κ1) is 22.1. The number of allylic oxidation sites excluding steroid dienone is 3. The van der Waals surface area contributed by atoms with Crippen LogP contribution in [-0.4, -0.2) is 28.1 Å². The zero-order valence-corrected chi connectivity index (χ0v) is 16.8. The number of hydrogen-bond acceptors (Lipinski definition) is 3. The van der Waals surface area contributed by atoms with Crippen molar-refractivity contribution in [2.45, 2.75) is 70.8 Å². The zero-order valence-electron chi connectivity index (χ0n) is 16.8. The van der Waals surface area contributed by atoms with E-state index in [9.17, 15) is 14.7 Å². The second kappa shape index (κ2) is 11.0. The van der Waals surface area contributed by atoms with Gasteiger partial charge in [0.25, 0.3) is 0 Å². The molecule has 0 bridgehead atoms. The van der Waals surface area contributed by atoms with E-state index in [1.807, 2.05) is 36.4 Å². The number of carbonyl (C=O) groups excluding carboxylic acids is 1. The van der Waals surface area contributed by atoms with Crippen molar-refractivity contribution in [1.29, 1.82) is 0 Å². The molecule has 0 aliphatic heterocycles. The van der Waals surface area contributed by atoms with Gasteiger partial charge in [-0.3, -0.25) is 9.59 Å². The van der Waals surface area contributed by atoms with Gasteiger partial charge in [0.1, 0.15) is 0 Å². The number of carboxylic acid groups (broad SMARTS) is 1. The van der Waals surface area contributed by atoms with Crippen molar-refractivity contribution >= 4 is 11.8 Å². The number of carboxylic acids is 1. The fraction of sp³-hybridized carbons (Fsp3) is 0.500. The van der Waals surface area contributed by atoms with E-state index < -0.39 is 17.5 Å². The lowest BCUT2D eigenvalue weighted by Crippen LogP contribution is -2.27. The Morgan fingerprint density at radius 3 is 2.61 bits per heavy atom. The van der Waals surface area contributed by atoms with Gasteiger partial charge >= 0.3 is 5.97 Å². The third-order valence-corrected chi connectivity index (χ3v) is 5.44. The molecule has 2 rings (SSSR count). The Bertz CT molecular complexity index is 719. The maximum atomic E-state index is 12.7. The summed E-state index contributed by atoms with van der Waals surface area (Å²) in [6.07, 6.45) is 13.2. The van der Waals surface area contributed by atoms with E-state index in [2.05, 4.69) is 6.92 Å². The second-order valence-corrected chi connectivity index (χ2v) is 7.74. The van der Waals surface area contributed by atoms with E-state index in [1.165, 1.54) is 0 Å². The number of aliphatic carboxylic acids is 1. The molecule has 0 unspecified atom stereocenters. The Morgan fingerprint density at radius 2 is 1.96 bits per heavy atom. The van der Waals surface area contributed by atoms with Gasteiger partial charge in [0.2, 0.25) is 0 Å². The van der Waals surface area contributed by atoms with Gasteiger partial charge in [0.15, 0.2) is 5.78 Å². The molecule has 1 aromatic rings. The highest BCUT2D eigenvalue weighted by Gasteiger charge is 2.37. The second-order valence-electron chi connectivity index (χ2n) is 7.74. The number of rotatable bonds is 12. The minimum absolute atomic E-state index is 0.0739. The summed E-state index contributed by atoms with van der Waals surface area (Å²) in [6.45, 7) is 2.13. The molecule has 0 saturated carbocycles. The van der Waals surface area contributed by atoms with E-state index >= 15 is 0 Å². The summed E-state index contributed by atoms with van der Waals surface area (Å²) >= 11 is 0. The number of carbonyl (C=O) groups is 2. The monoisotopic (exact) mass is 384 g/mol. The number of benzene rings is 1. The van der Waals surface area contributed by atoms with Crippen LogP contribution in [0.25, 0.3) is 0 Å². The molecule has 0 heterocycles. The number of unbranched alkanes of at least 4 members (excludes halogenated alkanes) is 2. The van der Waals surface area contributed by atoms with Crippen LogP contribution in [0.1, 0.15) is 63.0 Å². The molecule has 0 radical (unpaired) electrons. The van der Waals surface area contributed by atoms with Crippen LogP contribution < -0.4 is 0 Å². The van der Waals surface area contributed by atoms with Gasteiger partial charge in [-0.2, -0.15) is 0 Å². The van der Waals surface area contributed by atoms with Crippen molar-refractivity contribution in [2.75, 3.05) is 0 Å². The molecule has 0 spiro atoms. The molecule has 28 heavy (non-hydrogen) atoms. The molecule has 1 aromatic carbocycles. The summed E-state index contributed by atoms with van der Waals surface area (Å²) in [5.41, 5.74) is 1.53. The van der Waals surface area contributed by atoms with Crippen molar-refractivity contribution in [1.82, 2.24) is 0 Å². The van der Waals surface area contributed by atoms with E-state index in [4.69, 9.17) is 5.11 Å². The van der Waals surface area contributed by atoms with Crippen LogP contribution in [0.3, 0.4) is 0 Å². The minimum Gasteiger partial charge on any atom is -0.481 e. The molecule has 2 atom stereocenters.